The van der Waals surface area contributed by atoms with Gasteiger partial charge in [-0.25, -0.2) is 0 Å². The molecule has 7 heteroatoms. The van der Waals surface area contributed by atoms with Gasteiger partial charge in [-0.2, -0.15) is 0 Å². The van der Waals surface area contributed by atoms with Gasteiger partial charge in [0, 0.05) is 50.3 Å². The Bertz CT molecular complexity index is 684. The number of fused-ring (bicyclic) bond motifs is 1. The van der Waals surface area contributed by atoms with Gasteiger partial charge in [0.05, 0.1) is 25.7 Å². The Morgan fingerprint density at radius 3 is 2.81 bits per heavy atom. The maximum Gasteiger partial charge on any atom is 0.232 e. The Kier molecular flexibility index (Phi) is 5.71. The van der Waals surface area contributed by atoms with Crippen molar-refractivity contribution in [3.63, 3.8) is 0 Å². The number of nitrogens with one attached hydrogen (secondary N) is 2. The first-order chi connectivity index (χ1) is 13.2. The molecule has 3 heterocycles. The molecule has 0 aliphatic carbocycles. The molecule has 0 saturated carbocycles. The van der Waals surface area contributed by atoms with E-state index in [9.17, 15) is 9.59 Å². The van der Waals surface area contributed by atoms with Crippen LogP contribution >= 0.6 is 0 Å². The zero-order chi connectivity index (χ0) is 18.6. The summed E-state index contributed by atoms with van der Waals surface area (Å²) < 4.78 is 11.0. The minimum atomic E-state index is -0.405. The molecule has 0 bridgehead atoms. The smallest absolute Gasteiger partial charge is 0.232 e. The third-order valence-corrected chi connectivity index (χ3v) is 5.83. The highest BCUT2D eigenvalue weighted by Gasteiger charge is 2.34. The first-order valence-corrected chi connectivity index (χ1v) is 9.78. The number of hydrogen-bond donors (Lipinski definition) is 2. The number of carbonyl (C=O) groups excluding carboxylic acids is 2. The molecule has 2 fully saturated rings. The maximum absolute atomic E-state index is 12.6. The van der Waals surface area contributed by atoms with Crippen molar-refractivity contribution in [1.82, 2.24) is 10.2 Å². The van der Waals surface area contributed by atoms with Crippen LogP contribution in [0, 0.1) is 5.92 Å². The van der Waals surface area contributed by atoms with E-state index in [1.807, 2.05) is 24.3 Å². The number of amides is 2. The average Bonchev–Trinajstić information content (AvgIpc) is 3.32. The lowest BCUT2D eigenvalue weighted by Gasteiger charge is -2.37. The van der Waals surface area contributed by atoms with Gasteiger partial charge in [-0.3, -0.25) is 14.5 Å². The Balaban J connectivity index is 1.36. The number of ether oxygens (including phenoxy) is 2. The van der Waals surface area contributed by atoms with Crippen LogP contribution in [-0.4, -0.2) is 68.8 Å². The summed E-state index contributed by atoms with van der Waals surface area (Å²) in [6.45, 7) is 5.36. The zero-order valence-corrected chi connectivity index (χ0v) is 15.5. The first-order valence-electron chi connectivity index (χ1n) is 9.78. The first kappa shape index (κ1) is 18.4. The fraction of sp³-hybridized carbons (Fsp3) is 0.600. The number of morpholine rings is 1. The molecule has 3 aliphatic rings. The fourth-order valence-electron chi connectivity index (χ4n) is 4.31. The summed E-state index contributed by atoms with van der Waals surface area (Å²) in [6, 6.07) is 7.83. The zero-order valence-electron chi connectivity index (χ0n) is 15.5. The molecule has 7 nitrogen and oxygen atoms in total. The van der Waals surface area contributed by atoms with Crippen LogP contribution in [0.5, 0.6) is 0 Å². The van der Waals surface area contributed by atoms with Gasteiger partial charge < -0.3 is 20.1 Å². The number of nitrogens with zero attached hydrogens (tertiary/aromatic N) is 1. The summed E-state index contributed by atoms with van der Waals surface area (Å²) in [5.74, 6) is -0.152. The van der Waals surface area contributed by atoms with Crippen molar-refractivity contribution in [3.05, 3.63) is 29.8 Å². The summed E-state index contributed by atoms with van der Waals surface area (Å²) in [5.41, 5.74) is 1.72. The predicted octanol–water partition coefficient (Wildman–Crippen LogP) is 0.966. The Morgan fingerprint density at radius 2 is 2.04 bits per heavy atom. The topological polar surface area (TPSA) is 79.9 Å². The lowest BCUT2D eigenvalue weighted by atomic mass is 9.95. The molecule has 1 aromatic rings. The quantitative estimate of drug-likeness (QED) is 0.777. The van der Waals surface area contributed by atoms with Gasteiger partial charge in [-0.15, -0.1) is 0 Å². The number of carbonyl (C=O) groups is 2. The van der Waals surface area contributed by atoms with Gasteiger partial charge in [-0.1, -0.05) is 18.2 Å². The van der Waals surface area contributed by atoms with Crippen LogP contribution < -0.4 is 10.6 Å². The number of hydrogen-bond acceptors (Lipinski definition) is 5. The second-order valence-corrected chi connectivity index (χ2v) is 7.48. The minimum Gasteiger partial charge on any atom is -0.381 e. The molecule has 2 amide bonds. The SMILES string of the molecule is O=C(C[C@@H]1C(=O)Nc2ccccc21)NC[C@@H]([C@H]1CCOC1)N1CCOCC1. The average molecular weight is 373 g/mol. The van der Waals surface area contributed by atoms with E-state index in [0.29, 0.717) is 12.5 Å². The van der Waals surface area contributed by atoms with E-state index in [4.69, 9.17) is 9.47 Å². The number of benzene rings is 1. The normalized spacial score (nSPS) is 26.4. The van der Waals surface area contributed by atoms with Gasteiger partial charge in [0.25, 0.3) is 0 Å². The summed E-state index contributed by atoms with van der Waals surface area (Å²) >= 11 is 0. The van der Waals surface area contributed by atoms with Crippen LogP contribution in [0.15, 0.2) is 24.3 Å². The molecule has 2 saturated heterocycles. The van der Waals surface area contributed by atoms with E-state index in [1.54, 1.807) is 0 Å². The van der Waals surface area contributed by atoms with E-state index in [1.165, 1.54) is 0 Å². The van der Waals surface area contributed by atoms with E-state index < -0.39 is 5.92 Å². The Morgan fingerprint density at radius 1 is 1.22 bits per heavy atom. The van der Waals surface area contributed by atoms with Gasteiger partial charge >= 0.3 is 0 Å². The summed E-state index contributed by atoms with van der Waals surface area (Å²) in [5, 5.41) is 5.93. The monoisotopic (exact) mass is 373 g/mol. The number of rotatable bonds is 6. The fourth-order valence-corrected chi connectivity index (χ4v) is 4.31. The van der Waals surface area contributed by atoms with Crippen LogP contribution in [0.4, 0.5) is 5.69 Å². The molecule has 146 valence electrons. The molecule has 3 aliphatic heterocycles. The van der Waals surface area contributed by atoms with Crippen molar-refractivity contribution in [2.45, 2.75) is 24.8 Å². The largest absolute Gasteiger partial charge is 0.381 e. The van der Waals surface area contributed by atoms with Gasteiger partial charge in [0.15, 0.2) is 0 Å². The van der Waals surface area contributed by atoms with Gasteiger partial charge in [0.1, 0.15) is 0 Å². The summed E-state index contributed by atoms with van der Waals surface area (Å²) in [7, 11) is 0. The summed E-state index contributed by atoms with van der Waals surface area (Å²) in [4.78, 5) is 27.2. The molecule has 4 rings (SSSR count). The van der Waals surface area contributed by atoms with Crippen LogP contribution in [0.2, 0.25) is 0 Å². The van der Waals surface area contributed by atoms with Crippen LogP contribution in [-0.2, 0) is 19.1 Å². The molecule has 3 atom stereocenters. The van der Waals surface area contributed by atoms with Crippen LogP contribution in [0.25, 0.3) is 0 Å². The second kappa shape index (κ2) is 8.37. The second-order valence-electron chi connectivity index (χ2n) is 7.48. The third kappa shape index (κ3) is 4.15. The third-order valence-electron chi connectivity index (χ3n) is 5.83. The Hall–Kier alpha value is -1.96. The van der Waals surface area contributed by atoms with Crippen molar-refractivity contribution in [3.8, 4) is 0 Å². The predicted molar refractivity (Wildman–Crippen MR) is 101 cm³/mol. The summed E-state index contributed by atoms with van der Waals surface area (Å²) in [6.07, 6.45) is 1.20. The molecule has 2 N–H and O–H groups in total. The van der Waals surface area contributed by atoms with Crippen molar-refractivity contribution in [2.75, 3.05) is 51.4 Å². The van der Waals surface area contributed by atoms with E-state index in [2.05, 4.69) is 15.5 Å². The van der Waals surface area contributed by atoms with Crippen molar-refractivity contribution in [1.29, 1.82) is 0 Å². The van der Waals surface area contributed by atoms with Crippen LogP contribution in [0.3, 0.4) is 0 Å². The number of anilines is 1. The lowest BCUT2D eigenvalue weighted by molar-refractivity contribution is -0.125. The highest BCUT2D eigenvalue weighted by atomic mass is 16.5. The van der Waals surface area contributed by atoms with E-state index >= 15 is 0 Å². The highest BCUT2D eigenvalue weighted by molar-refractivity contribution is 6.04. The maximum atomic E-state index is 12.6. The van der Waals surface area contributed by atoms with E-state index in [0.717, 1.165) is 57.2 Å². The molecule has 27 heavy (non-hydrogen) atoms. The lowest BCUT2D eigenvalue weighted by Crippen LogP contribution is -2.52. The van der Waals surface area contributed by atoms with Crippen molar-refractivity contribution in [2.24, 2.45) is 5.92 Å². The number of para-hydroxylation sites is 1. The van der Waals surface area contributed by atoms with Crippen LogP contribution in [0.1, 0.15) is 24.3 Å². The molecular weight excluding hydrogens is 346 g/mol. The molecular formula is C20H27N3O4. The standard InChI is InChI=1S/C20H27N3O4/c24-19(11-16-15-3-1-2-4-17(15)22-20(16)25)21-12-18(14-5-8-27-13-14)23-6-9-26-10-7-23/h1-4,14,16,18H,5-13H2,(H,21,24)(H,22,25)/t14-,16-,18-/m0/s1. The van der Waals surface area contributed by atoms with Crippen molar-refractivity contribution < 1.29 is 19.1 Å². The Labute approximate surface area is 159 Å². The minimum absolute atomic E-state index is 0.0796. The van der Waals surface area contributed by atoms with Gasteiger partial charge in [0.2, 0.25) is 11.8 Å². The molecule has 0 radical (unpaired) electrons. The van der Waals surface area contributed by atoms with E-state index in [-0.39, 0.29) is 24.3 Å². The molecule has 0 aromatic heterocycles. The highest BCUT2D eigenvalue weighted by Crippen LogP contribution is 2.34. The molecule has 0 spiro atoms. The van der Waals surface area contributed by atoms with Gasteiger partial charge in [-0.05, 0) is 18.1 Å². The molecule has 1 aromatic carbocycles. The molecule has 0 unspecified atom stereocenters. The van der Waals surface area contributed by atoms with Crippen molar-refractivity contribution >= 4 is 17.5 Å².